The van der Waals surface area contributed by atoms with Gasteiger partial charge in [0.15, 0.2) is 12.3 Å². The Morgan fingerprint density at radius 3 is 2.73 bits per heavy atom. The minimum absolute atomic E-state index is 0.146. The van der Waals surface area contributed by atoms with Crippen LogP contribution in [0.4, 0.5) is 13.2 Å². The first-order chi connectivity index (χ1) is 12.3. The number of ether oxygens (including phenoxy) is 1. The highest BCUT2D eigenvalue weighted by molar-refractivity contribution is 5.93. The Kier molecular flexibility index (Phi) is 4.57. The number of nitrogens with two attached hydrogens (primary N) is 1. The molecule has 26 heavy (non-hydrogen) atoms. The molecule has 10 heteroatoms. The number of hydrogen-bond acceptors (Lipinski definition) is 5. The summed E-state index contributed by atoms with van der Waals surface area (Å²) in [5, 5.41) is 0. The van der Waals surface area contributed by atoms with Gasteiger partial charge in [-0.1, -0.05) is 0 Å². The number of fused-ring (bicyclic) bond motifs is 1. The van der Waals surface area contributed by atoms with Crippen LogP contribution < -0.4 is 10.5 Å². The van der Waals surface area contributed by atoms with Crippen molar-refractivity contribution in [1.29, 1.82) is 0 Å². The number of nitrogens with zero attached hydrogens (tertiary/aromatic N) is 3. The van der Waals surface area contributed by atoms with Crippen molar-refractivity contribution in [3.8, 4) is 17.1 Å². The summed E-state index contributed by atoms with van der Waals surface area (Å²) in [7, 11) is 0. The summed E-state index contributed by atoms with van der Waals surface area (Å²) in [6, 6.07) is 2.85. The molecule has 0 fully saturated rings. The van der Waals surface area contributed by atoms with Crippen LogP contribution in [0.25, 0.3) is 28.5 Å². The number of nitrogens with one attached hydrogen (secondary N) is 1. The van der Waals surface area contributed by atoms with Gasteiger partial charge >= 0.3 is 6.18 Å². The fourth-order valence-corrected chi connectivity index (χ4v) is 2.12. The van der Waals surface area contributed by atoms with Crippen LogP contribution in [0.15, 0.2) is 36.8 Å². The third-order valence-electron chi connectivity index (χ3n) is 3.25. The molecule has 3 N–H and O–H groups in total. The van der Waals surface area contributed by atoms with Gasteiger partial charge < -0.3 is 15.5 Å². The molecule has 0 saturated carbocycles. The van der Waals surface area contributed by atoms with Crippen LogP contribution in [0.2, 0.25) is 0 Å². The lowest BCUT2D eigenvalue weighted by molar-refractivity contribution is -0.154. The van der Waals surface area contributed by atoms with E-state index in [1.807, 2.05) is 0 Å². The number of amides is 1. The van der Waals surface area contributed by atoms with E-state index >= 15 is 0 Å². The lowest BCUT2D eigenvalue weighted by Crippen LogP contribution is -2.19. The van der Waals surface area contributed by atoms with Gasteiger partial charge in [-0.15, -0.1) is 0 Å². The number of aromatic amines is 1. The first-order valence-electron chi connectivity index (χ1n) is 7.29. The highest BCUT2D eigenvalue weighted by Gasteiger charge is 2.28. The maximum Gasteiger partial charge on any atom is 0.422 e. The van der Waals surface area contributed by atoms with Gasteiger partial charge in [-0.05, 0) is 12.1 Å². The maximum absolute atomic E-state index is 12.1. The van der Waals surface area contributed by atoms with Crippen LogP contribution in [0, 0.1) is 0 Å². The summed E-state index contributed by atoms with van der Waals surface area (Å²) >= 11 is 0. The number of carbonyl (C=O) groups is 1. The van der Waals surface area contributed by atoms with Crippen LogP contribution in [-0.4, -0.2) is 38.6 Å². The minimum atomic E-state index is -4.43. The minimum Gasteiger partial charge on any atom is -0.468 e. The molecule has 0 aliphatic rings. The number of halogens is 3. The molecule has 3 rings (SSSR count). The quantitative estimate of drug-likeness (QED) is 0.677. The van der Waals surface area contributed by atoms with Crippen LogP contribution in [0.3, 0.4) is 0 Å². The summed E-state index contributed by atoms with van der Waals surface area (Å²) in [6.45, 7) is -1.41. The third-order valence-corrected chi connectivity index (χ3v) is 3.25. The largest absolute Gasteiger partial charge is 0.468 e. The zero-order valence-corrected chi connectivity index (χ0v) is 13.1. The van der Waals surface area contributed by atoms with Gasteiger partial charge in [0, 0.05) is 35.7 Å². The zero-order chi connectivity index (χ0) is 18.7. The van der Waals surface area contributed by atoms with Gasteiger partial charge in [-0.25, -0.2) is 15.0 Å². The fraction of sp³-hybridized carbons (Fsp3) is 0.125. The number of aromatic nitrogens is 4. The molecule has 134 valence electrons. The van der Waals surface area contributed by atoms with Crippen LogP contribution >= 0.6 is 0 Å². The van der Waals surface area contributed by atoms with Crippen molar-refractivity contribution in [2.45, 2.75) is 6.18 Å². The first kappa shape index (κ1) is 17.4. The summed E-state index contributed by atoms with van der Waals surface area (Å²) in [5.74, 6) is -0.742. The summed E-state index contributed by atoms with van der Waals surface area (Å²) in [5.41, 5.74) is 7.72. The van der Waals surface area contributed by atoms with E-state index in [1.165, 1.54) is 36.7 Å². The summed E-state index contributed by atoms with van der Waals surface area (Å²) in [6.07, 6.45) is 2.73. The molecule has 0 saturated heterocycles. The number of pyridine rings is 1. The molecule has 0 radical (unpaired) electrons. The Morgan fingerprint density at radius 2 is 2.08 bits per heavy atom. The van der Waals surface area contributed by atoms with E-state index in [-0.39, 0.29) is 5.88 Å². The van der Waals surface area contributed by atoms with Crippen LogP contribution in [-0.2, 0) is 4.79 Å². The van der Waals surface area contributed by atoms with Gasteiger partial charge in [0.05, 0.1) is 11.9 Å². The van der Waals surface area contributed by atoms with Crippen molar-refractivity contribution in [2.75, 3.05) is 6.61 Å². The molecule has 3 aromatic rings. The molecular formula is C16H12F3N5O2. The van der Waals surface area contributed by atoms with Gasteiger partial charge in [0.25, 0.3) is 0 Å². The number of hydrogen-bond donors (Lipinski definition) is 2. The third kappa shape index (κ3) is 4.15. The topological polar surface area (TPSA) is 107 Å². The number of alkyl halides is 3. The molecule has 0 atom stereocenters. The Bertz CT molecular complexity index is 964. The lowest BCUT2D eigenvalue weighted by atomic mass is 10.2. The Labute approximate surface area is 144 Å². The summed E-state index contributed by atoms with van der Waals surface area (Å²) < 4.78 is 41.0. The van der Waals surface area contributed by atoms with Gasteiger partial charge in [0.2, 0.25) is 11.8 Å². The van der Waals surface area contributed by atoms with E-state index in [2.05, 4.69) is 24.7 Å². The number of rotatable bonds is 5. The summed E-state index contributed by atoms with van der Waals surface area (Å²) in [4.78, 5) is 26.3. The molecule has 3 heterocycles. The van der Waals surface area contributed by atoms with E-state index < -0.39 is 18.7 Å². The normalized spacial score (nSPS) is 12.0. The Balaban J connectivity index is 1.85. The van der Waals surface area contributed by atoms with E-state index in [0.29, 0.717) is 28.0 Å². The van der Waals surface area contributed by atoms with Crippen molar-refractivity contribution >= 4 is 23.1 Å². The smallest absolute Gasteiger partial charge is 0.422 e. The zero-order valence-electron chi connectivity index (χ0n) is 13.1. The molecule has 0 aromatic carbocycles. The van der Waals surface area contributed by atoms with Crippen molar-refractivity contribution in [1.82, 2.24) is 19.9 Å². The first-order valence-corrected chi connectivity index (χ1v) is 7.29. The molecule has 0 spiro atoms. The number of carbonyl (C=O) groups excluding carboxylic acids is 1. The second-order valence-electron chi connectivity index (χ2n) is 5.22. The van der Waals surface area contributed by atoms with Crippen LogP contribution in [0.5, 0.6) is 5.88 Å². The average molecular weight is 363 g/mol. The van der Waals surface area contributed by atoms with Crippen molar-refractivity contribution < 1.29 is 22.7 Å². The van der Waals surface area contributed by atoms with E-state index in [0.717, 1.165) is 0 Å². The number of H-pyrrole nitrogens is 1. The molecular weight excluding hydrogens is 351 g/mol. The second kappa shape index (κ2) is 6.82. The van der Waals surface area contributed by atoms with E-state index in [4.69, 9.17) is 5.73 Å². The van der Waals surface area contributed by atoms with Crippen molar-refractivity contribution in [2.24, 2.45) is 5.73 Å². The molecule has 0 aliphatic carbocycles. The molecule has 0 bridgehead atoms. The average Bonchev–Trinajstić information content (AvgIpc) is 3.00. The highest BCUT2D eigenvalue weighted by atomic mass is 19.4. The SMILES string of the molecule is NC(=O)C=Cc1c[nH]c2ncc(-c3ccc(OCC(F)(F)F)nc3)nc12. The molecule has 7 nitrogen and oxygen atoms in total. The standard InChI is InChI=1S/C16H12F3N5O2/c17-16(18,19)8-26-13-4-2-9(5-21-13)11-7-23-15-14(24-11)10(6-22-15)1-3-12(20)25/h1-7H,8H2,(H2,20,25)(H,22,23). The Hall–Kier alpha value is -3.43. The van der Waals surface area contributed by atoms with Gasteiger partial charge in [-0.3, -0.25) is 4.79 Å². The van der Waals surface area contributed by atoms with Crippen molar-refractivity contribution in [3.05, 3.63) is 42.4 Å². The molecule has 0 unspecified atom stereocenters. The lowest BCUT2D eigenvalue weighted by Gasteiger charge is -2.08. The van der Waals surface area contributed by atoms with Crippen LogP contribution in [0.1, 0.15) is 5.56 Å². The molecule has 1 amide bonds. The van der Waals surface area contributed by atoms with E-state index in [1.54, 1.807) is 6.20 Å². The monoisotopic (exact) mass is 363 g/mol. The maximum atomic E-state index is 12.1. The highest BCUT2D eigenvalue weighted by Crippen LogP contribution is 2.23. The number of primary amides is 1. The second-order valence-corrected chi connectivity index (χ2v) is 5.22. The molecule has 3 aromatic heterocycles. The predicted octanol–water partition coefficient (Wildman–Crippen LogP) is 2.46. The van der Waals surface area contributed by atoms with Gasteiger partial charge in [-0.2, -0.15) is 13.2 Å². The van der Waals surface area contributed by atoms with Crippen molar-refractivity contribution in [3.63, 3.8) is 0 Å². The Morgan fingerprint density at radius 1 is 1.27 bits per heavy atom. The fourth-order valence-electron chi connectivity index (χ4n) is 2.12. The molecule has 0 aliphatic heterocycles. The van der Waals surface area contributed by atoms with E-state index in [9.17, 15) is 18.0 Å². The predicted molar refractivity (Wildman–Crippen MR) is 86.9 cm³/mol. The van der Waals surface area contributed by atoms with Gasteiger partial charge in [0.1, 0.15) is 5.52 Å².